The summed E-state index contributed by atoms with van der Waals surface area (Å²) >= 11 is 0. The molecule has 0 aromatic rings. The van der Waals surface area contributed by atoms with E-state index >= 15 is 0 Å². The zero-order valence-corrected chi connectivity index (χ0v) is 9.02. The number of halogens is 1. The fourth-order valence-corrected chi connectivity index (χ4v) is 0. The van der Waals surface area contributed by atoms with E-state index in [1.165, 1.54) is 0 Å². The van der Waals surface area contributed by atoms with E-state index in [0.717, 1.165) is 0 Å². The molecule has 0 aromatic carbocycles. The summed E-state index contributed by atoms with van der Waals surface area (Å²) < 4.78 is 19.0. The molecule has 3 nitrogen and oxygen atoms in total. The van der Waals surface area contributed by atoms with Crippen molar-refractivity contribution in [2.24, 2.45) is 0 Å². The molecule has 0 saturated heterocycles. The Kier molecular flexibility index (Phi) is 14.2. The molecule has 0 atom stereocenters. The van der Waals surface area contributed by atoms with Crippen LogP contribution in [0.25, 0.3) is 0 Å². The van der Waals surface area contributed by atoms with Crippen LogP contribution < -0.4 is 59.1 Å². The maximum atomic E-state index is 10.4. The van der Waals surface area contributed by atoms with Gasteiger partial charge in [0.1, 0.15) is 0 Å². The Balaban J connectivity index is -0.0000000800. The van der Waals surface area contributed by atoms with Crippen molar-refractivity contribution in [3.8, 4) is 0 Å². The molecule has 0 rings (SSSR count). The van der Waals surface area contributed by atoms with Gasteiger partial charge in [0.25, 0.3) is 0 Å². The van der Waals surface area contributed by atoms with Gasteiger partial charge in [0.2, 0.25) is 0 Å². The average Bonchev–Trinajstić information content (AvgIpc) is 0.722. The molecular weight excluding hydrogens is 144 g/mol. The Hall–Kier alpha value is 2.08. The first-order valence-electron chi connectivity index (χ1n) is 0.752. The zero-order valence-electron chi connectivity index (χ0n) is 4.13. The van der Waals surface area contributed by atoms with Crippen LogP contribution in [0.3, 0.4) is 0 Å². The first-order chi connectivity index (χ1) is 2.00. The maximum Gasteiger partial charge on any atom is 1.00 e. The Morgan fingerprint density at radius 3 is 1.29 bits per heavy atom. The molecule has 0 radical (unpaired) electrons. The predicted octanol–water partition coefficient (Wildman–Crippen LogP) is -5.94. The molecule has 0 unspecified atom stereocenters. The molecular formula is H2FNa2O3P+2. The Bertz CT molecular complexity index is 59.1. The third-order valence-corrected chi connectivity index (χ3v) is 0. The maximum absolute atomic E-state index is 10.4. The second-order valence-corrected chi connectivity index (χ2v) is 1.42. The van der Waals surface area contributed by atoms with Crippen molar-refractivity contribution in [1.29, 1.82) is 0 Å². The molecule has 0 fully saturated rings. The fraction of sp³-hybridized carbons (Fsp3) is 0. The van der Waals surface area contributed by atoms with E-state index in [-0.39, 0.29) is 59.1 Å². The first-order valence-corrected chi connectivity index (χ1v) is 2.25. The van der Waals surface area contributed by atoms with Crippen LogP contribution in [0.4, 0.5) is 4.20 Å². The summed E-state index contributed by atoms with van der Waals surface area (Å²) in [6.07, 6.45) is 0. The predicted molar refractivity (Wildman–Crippen MR) is 13.2 cm³/mol. The number of hydrogen-bond donors (Lipinski definition) is 2. The molecule has 7 heavy (non-hydrogen) atoms. The Labute approximate surface area is 84.5 Å². The van der Waals surface area contributed by atoms with Gasteiger partial charge in [0, 0.05) is 0 Å². The van der Waals surface area contributed by atoms with Crippen LogP contribution in [0.5, 0.6) is 0 Å². The molecule has 0 spiro atoms. The molecule has 0 aliphatic heterocycles. The largest absolute Gasteiger partial charge is 1.00 e. The van der Waals surface area contributed by atoms with Gasteiger partial charge in [-0.15, -0.1) is 4.20 Å². The Morgan fingerprint density at radius 1 is 1.29 bits per heavy atom. The quantitative estimate of drug-likeness (QED) is 0.264. The van der Waals surface area contributed by atoms with E-state index < -0.39 is 7.91 Å². The van der Waals surface area contributed by atoms with Gasteiger partial charge in [-0.05, 0) is 0 Å². The molecule has 32 valence electrons. The van der Waals surface area contributed by atoms with E-state index in [9.17, 15) is 4.20 Å². The van der Waals surface area contributed by atoms with Crippen molar-refractivity contribution in [1.82, 2.24) is 0 Å². The van der Waals surface area contributed by atoms with E-state index in [1.807, 2.05) is 0 Å². The normalized spacial score (nSPS) is 8.43. The third kappa shape index (κ3) is 69.0. The summed E-state index contributed by atoms with van der Waals surface area (Å²) in [5.74, 6) is 0. The average molecular weight is 146 g/mol. The van der Waals surface area contributed by atoms with Crippen LogP contribution in [0.1, 0.15) is 0 Å². The SMILES string of the molecule is O=P(O)(O)F.[Na+].[Na+]. The summed E-state index contributed by atoms with van der Waals surface area (Å²) in [7, 11) is -5.14. The zero-order chi connectivity index (χ0) is 4.50. The van der Waals surface area contributed by atoms with Gasteiger partial charge in [0.05, 0.1) is 0 Å². The minimum Gasteiger partial charge on any atom is -0.299 e. The second kappa shape index (κ2) is 6.20. The van der Waals surface area contributed by atoms with Gasteiger partial charge >= 0.3 is 67.0 Å². The van der Waals surface area contributed by atoms with Gasteiger partial charge in [-0.25, -0.2) is 4.57 Å². The summed E-state index contributed by atoms with van der Waals surface area (Å²) in [6, 6.07) is 0. The van der Waals surface area contributed by atoms with Crippen molar-refractivity contribution in [2.45, 2.75) is 0 Å². The van der Waals surface area contributed by atoms with Crippen molar-refractivity contribution in [3.63, 3.8) is 0 Å². The summed E-state index contributed by atoms with van der Waals surface area (Å²) in [5, 5.41) is 0. The fourth-order valence-electron chi connectivity index (χ4n) is 0. The molecule has 0 aliphatic carbocycles. The third-order valence-electron chi connectivity index (χ3n) is 0. The molecule has 7 heteroatoms. The monoisotopic (exact) mass is 146 g/mol. The molecule has 0 aliphatic rings. The summed E-state index contributed by atoms with van der Waals surface area (Å²) in [6.45, 7) is 0. The minimum atomic E-state index is -5.14. The van der Waals surface area contributed by atoms with Crippen LogP contribution in [-0.4, -0.2) is 9.79 Å². The minimum absolute atomic E-state index is 0. The molecule has 0 heterocycles. The van der Waals surface area contributed by atoms with Gasteiger partial charge in [-0.2, -0.15) is 0 Å². The molecule has 0 aromatic heterocycles. The van der Waals surface area contributed by atoms with E-state index in [1.54, 1.807) is 0 Å². The van der Waals surface area contributed by atoms with Crippen molar-refractivity contribution in [3.05, 3.63) is 0 Å². The van der Waals surface area contributed by atoms with Crippen molar-refractivity contribution < 1.29 is 77.7 Å². The molecule has 0 bridgehead atoms. The van der Waals surface area contributed by atoms with Crippen LogP contribution in [0.2, 0.25) is 0 Å². The smallest absolute Gasteiger partial charge is 0.299 e. The van der Waals surface area contributed by atoms with Gasteiger partial charge < -0.3 is 0 Å². The molecule has 0 saturated carbocycles. The molecule has 0 amide bonds. The van der Waals surface area contributed by atoms with E-state index in [2.05, 4.69) is 0 Å². The van der Waals surface area contributed by atoms with Crippen molar-refractivity contribution >= 4 is 7.91 Å². The topological polar surface area (TPSA) is 57.5 Å². The van der Waals surface area contributed by atoms with Crippen molar-refractivity contribution in [2.75, 3.05) is 0 Å². The molecule has 2 N–H and O–H groups in total. The van der Waals surface area contributed by atoms with Gasteiger partial charge in [0.15, 0.2) is 0 Å². The van der Waals surface area contributed by atoms with Crippen LogP contribution in [0.15, 0.2) is 0 Å². The van der Waals surface area contributed by atoms with E-state index in [0.29, 0.717) is 0 Å². The van der Waals surface area contributed by atoms with Crippen LogP contribution in [-0.2, 0) is 4.57 Å². The second-order valence-electron chi connectivity index (χ2n) is 0.473. The van der Waals surface area contributed by atoms with Gasteiger partial charge in [-0.3, -0.25) is 9.79 Å². The standard InChI is InChI=1S/FH2O3P.2Na/c1-5(2,3)4;;/h(H2,2,3,4);;/q;2*+1. The number of rotatable bonds is 0. The Morgan fingerprint density at radius 2 is 1.29 bits per heavy atom. The number of hydrogen-bond acceptors (Lipinski definition) is 1. The summed E-state index contributed by atoms with van der Waals surface area (Å²) in [5.41, 5.74) is 0. The van der Waals surface area contributed by atoms with Crippen LogP contribution >= 0.6 is 7.91 Å². The van der Waals surface area contributed by atoms with Crippen LogP contribution in [0, 0.1) is 0 Å². The summed E-state index contributed by atoms with van der Waals surface area (Å²) in [4.78, 5) is 13.9. The van der Waals surface area contributed by atoms with E-state index in [4.69, 9.17) is 14.4 Å². The first kappa shape index (κ1) is 16.0. The van der Waals surface area contributed by atoms with Gasteiger partial charge in [-0.1, -0.05) is 0 Å².